The van der Waals surface area contributed by atoms with E-state index in [1.165, 1.54) is 11.3 Å². The zero-order chi connectivity index (χ0) is 10.8. The minimum absolute atomic E-state index is 0.351. The van der Waals surface area contributed by atoms with Gasteiger partial charge in [-0.2, -0.15) is 5.06 Å². The van der Waals surface area contributed by atoms with Gasteiger partial charge in [0.25, 0.3) is 0 Å². The second kappa shape index (κ2) is 3.84. The standard InChI is InChI=1S/C9H9N3O2S/c1-14-6-3-2-4-7-8(6)11-9(15-7)12(13)5-10/h2-5,10,13H,1H3. The normalized spacial score (nSPS) is 10.3. The van der Waals surface area contributed by atoms with Crippen molar-refractivity contribution in [1.29, 1.82) is 5.41 Å². The molecule has 0 fully saturated rings. The minimum atomic E-state index is 0.351. The lowest BCUT2D eigenvalue weighted by Crippen LogP contribution is -2.13. The van der Waals surface area contributed by atoms with E-state index in [4.69, 9.17) is 10.1 Å². The lowest BCUT2D eigenvalue weighted by atomic mass is 10.3. The molecule has 0 amide bonds. The molecule has 6 heteroatoms. The van der Waals surface area contributed by atoms with E-state index in [0.29, 0.717) is 21.5 Å². The number of hydroxylamine groups is 1. The summed E-state index contributed by atoms with van der Waals surface area (Å²) in [6.45, 7) is 0. The number of aromatic nitrogens is 1. The Hall–Kier alpha value is -1.66. The van der Waals surface area contributed by atoms with Gasteiger partial charge < -0.3 is 4.74 Å². The third-order valence-electron chi connectivity index (χ3n) is 1.91. The Kier molecular flexibility index (Phi) is 2.53. The topological polar surface area (TPSA) is 69.4 Å². The van der Waals surface area contributed by atoms with Crippen LogP contribution in [0.3, 0.4) is 0 Å². The number of para-hydroxylation sites is 1. The van der Waals surface area contributed by atoms with Crippen molar-refractivity contribution in [3.05, 3.63) is 18.2 Å². The summed E-state index contributed by atoms with van der Waals surface area (Å²) in [5.41, 5.74) is 0.695. The molecule has 78 valence electrons. The zero-order valence-corrected chi connectivity index (χ0v) is 8.78. The lowest BCUT2D eigenvalue weighted by molar-refractivity contribution is 0.316. The first-order valence-corrected chi connectivity index (χ1v) is 5.00. The lowest BCUT2D eigenvalue weighted by Gasteiger charge is -2.02. The van der Waals surface area contributed by atoms with Crippen molar-refractivity contribution in [2.24, 2.45) is 0 Å². The first-order chi connectivity index (χ1) is 7.26. The third-order valence-corrected chi connectivity index (χ3v) is 2.92. The van der Waals surface area contributed by atoms with E-state index in [2.05, 4.69) is 4.98 Å². The second-order valence-electron chi connectivity index (χ2n) is 2.78. The average molecular weight is 223 g/mol. The van der Waals surface area contributed by atoms with Crippen molar-refractivity contribution in [2.75, 3.05) is 12.2 Å². The van der Waals surface area contributed by atoms with Crippen molar-refractivity contribution >= 4 is 33.0 Å². The molecule has 0 unspecified atom stereocenters. The van der Waals surface area contributed by atoms with Gasteiger partial charge in [0.2, 0.25) is 5.13 Å². The highest BCUT2D eigenvalue weighted by molar-refractivity contribution is 7.22. The van der Waals surface area contributed by atoms with E-state index in [1.807, 2.05) is 12.1 Å². The molecule has 0 saturated carbocycles. The maximum absolute atomic E-state index is 9.29. The van der Waals surface area contributed by atoms with Crippen molar-refractivity contribution in [3.8, 4) is 5.75 Å². The minimum Gasteiger partial charge on any atom is -0.494 e. The van der Waals surface area contributed by atoms with Gasteiger partial charge in [-0.3, -0.25) is 10.6 Å². The number of rotatable bonds is 3. The molecule has 0 saturated heterocycles. The molecule has 2 aromatic rings. The summed E-state index contributed by atoms with van der Waals surface area (Å²) < 4.78 is 6.05. The molecule has 1 aromatic carbocycles. The highest BCUT2D eigenvalue weighted by atomic mass is 32.1. The molecule has 0 aliphatic rings. The Bertz CT molecular complexity index is 497. The summed E-state index contributed by atoms with van der Waals surface area (Å²) in [4.78, 5) is 4.17. The van der Waals surface area contributed by atoms with Gasteiger partial charge >= 0.3 is 0 Å². The molecule has 1 heterocycles. The van der Waals surface area contributed by atoms with Crippen LogP contribution in [0.5, 0.6) is 5.75 Å². The van der Waals surface area contributed by atoms with Crippen LogP contribution in [0.15, 0.2) is 18.2 Å². The van der Waals surface area contributed by atoms with Crippen LogP contribution in [0.2, 0.25) is 0 Å². The van der Waals surface area contributed by atoms with Crippen LogP contribution in [-0.4, -0.2) is 23.6 Å². The van der Waals surface area contributed by atoms with Gasteiger partial charge in [-0.1, -0.05) is 17.4 Å². The van der Waals surface area contributed by atoms with E-state index >= 15 is 0 Å². The fourth-order valence-corrected chi connectivity index (χ4v) is 2.10. The predicted molar refractivity (Wildman–Crippen MR) is 59.2 cm³/mol. The van der Waals surface area contributed by atoms with Crippen molar-refractivity contribution in [2.45, 2.75) is 0 Å². The number of ether oxygens (including phenoxy) is 1. The number of methoxy groups -OCH3 is 1. The van der Waals surface area contributed by atoms with E-state index in [0.717, 1.165) is 11.0 Å². The average Bonchev–Trinajstić information content (AvgIpc) is 2.71. The van der Waals surface area contributed by atoms with Crippen LogP contribution in [0, 0.1) is 5.41 Å². The summed E-state index contributed by atoms with van der Waals surface area (Å²) in [6, 6.07) is 5.55. The molecule has 0 radical (unpaired) electrons. The summed E-state index contributed by atoms with van der Waals surface area (Å²) >= 11 is 1.29. The quantitative estimate of drug-likeness (QED) is 0.475. The van der Waals surface area contributed by atoms with E-state index in [-0.39, 0.29) is 0 Å². The second-order valence-corrected chi connectivity index (χ2v) is 3.79. The van der Waals surface area contributed by atoms with Gasteiger partial charge in [0.15, 0.2) is 0 Å². The van der Waals surface area contributed by atoms with Gasteiger partial charge in [-0.25, -0.2) is 4.98 Å². The van der Waals surface area contributed by atoms with Gasteiger partial charge in [0.05, 0.1) is 11.8 Å². The fraction of sp³-hybridized carbons (Fsp3) is 0.111. The highest BCUT2D eigenvalue weighted by Crippen LogP contribution is 2.32. The SMILES string of the molecule is COc1cccc2sc(N(O)C=N)nc12. The van der Waals surface area contributed by atoms with Gasteiger partial charge in [0.1, 0.15) is 17.6 Å². The van der Waals surface area contributed by atoms with Crippen LogP contribution < -0.4 is 9.80 Å². The summed E-state index contributed by atoms with van der Waals surface area (Å²) in [7, 11) is 1.57. The predicted octanol–water partition coefficient (Wildman–Crippen LogP) is 2.11. The highest BCUT2D eigenvalue weighted by Gasteiger charge is 2.11. The zero-order valence-electron chi connectivity index (χ0n) is 7.97. The van der Waals surface area contributed by atoms with Crippen LogP contribution in [0.4, 0.5) is 5.13 Å². The monoisotopic (exact) mass is 223 g/mol. The Balaban J connectivity index is 2.59. The third kappa shape index (κ3) is 1.64. The number of anilines is 1. The number of fused-ring (bicyclic) bond motifs is 1. The first-order valence-electron chi connectivity index (χ1n) is 4.18. The number of nitrogens with zero attached hydrogens (tertiary/aromatic N) is 2. The largest absolute Gasteiger partial charge is 0.494 e. The van der Waals surface area contributed by atoms with E-state index < -0.39 is 0 Å². The van der Waals surface area contributed by atoms with Crippen molar-refractivity contribution in [3.63, 3.8) is 0 Å². The summed E-state index contributed by atoms with van der Waals surface area (Å²) in [5.74, 6) is 0.661. The molecule has 0 aliphatic carbocycles. The van der Waals surface area contributed by atoms with Gasteiger partial charge in [-0.05, 0) is 12.1 Å². The molecule has 1 aromatic heterocycles. The molecule has 2 rings (SSSR count). The van der Waals surface area contributed by atoms with Crippen LogP contribution in [0.25, 0.3) is 10.2 Å². The van der Waals surface area contributed by atoms with Crippen LogP contribution in [0.1, 0.15) is 0 Å². The van der Waals surface area contributed by atoms with E-state index in [1.54, 1.807) is 13.2 Å². The van der Waals surface area contributed by atoms with Crippen molar-refractivity contribution in [1.82, 2.24) is 4.98 Å². The molecule has 5 nitrogen and oxygen atoms in total. The van der Waals surface area contributed by atoms with E-state index in [9.17, 15) is 5.21 Å². The summed E-state index contributed by atoms with van der Waals surface area (Å²) in [6.07, 6.45) is 0.796. The Morgan fingerprint density at radius 1 is 1.60 bits per heavy atom. The molecule has 0 spiro atoms. The van der Waals surface area contributed by atoms with Crippen LogP contribution in [-0.2, 0) is 0 Å². The Morgan fingerprint density at radius 3 is 3.07 bits per heavy atom. The summed E-state index contributed by atoms with van der Waals surface area (Å²) in [5, 5.41) is 17.2. The smallest absolute Gasteiger partial charge is 0.216 e. The number of hydrogen-bond donors (Lipinski definition) is 2. The van der Waals surface area contributed by atoms with Crippen LogP contribution >= 0.6 is 11.3 Å². The fourth-order valence-electron chi connectivity index (χ4n) is 1.23. The molecular weight excluding hydrogens is 214 g/mol. The van der Waals surface area contributed by atoms with Crippen molar-refractivity contribution < 1.29 is 9.94 Å². The Labute approximate surface area is 90.0 Å². The molecular formula is C9H9N3O2S. The number of thiazole rings is 1. The molecule has 0 aliphatic heterocycles. The number of benzene rings is 1. The maximum atomic E-state index is 9.29. The maximum Gasteiger partial charge on any atom is 0.216 e. The first kappa shape index (κ1) is 9.88. The number of hydrogen-bond acceptors (Lipinski definition) is 5. The molecule has 0 bridgehead atoms. The Morgan fingerprint density at radius 2 is 2.40 bits per heavy atom. The molecule has 2 N–H and O–H groups in total. The molecule has 15 heavy (non-hydrogen) atoms. The molecule has 0 atom stereocenters. The number of nitrogens with one attached hydrogen (secondary N) is 1. The van der Waals surface area contributed by atoms with Gasteiger partial charge in [0, 0.05) is 0 Å². The van der Waals surface area contributed by atoms with Gasteiger partial charge in [-0.15, -0.1) is 0 Å².